The summed E-state index contributed by atoms with van der Waals surface area (Å²) in [5, 5.41) is 0.399. The number of benzene rings is 3. The predicted octanol–water partition coefficient (Wildman–Crippen LogP) is 5.85. The van der Waals surface area contributed by atoms with Crippen molar-refractivity contribution < 1.29 is 8.60 Å². The van der Waals surface area contributed by atoms with Gasteiger partial charge in [-0.25, -0.2) is 14.4 Å². The van der Waals surface area contributed by atoms with Gasteiger partial charge in [-0.3, -0.25) is 4.21 Å². The van der Waals surface area contributed by atoms with Gasteiger partial charge in [0.1, 0.15) is 0 Å². The molecule has 4 aromatic rings. The molecule has 0 aliphatic carbocycles. The maximum atomic E-state index is 13.9. The van der Waals surface area contributed by atoms with Gasteiger partial charge in [-0.2, -0.15) is 0 Å². The Hall–Kier alpha value is -2.89. The molecule has 0 N–H and O–H groups in total. The summed E-state index contributed by atoms with van der Waals surface area (Å²) < 4.78 is 25.7. The smallest absolute Gasteiger partial charge is 0.176 e. The number of hydrogen-bond acceptors (Lipinski definition) is 3. The van der Waals surface area contributed by atoms with Gasteiger partial charge in [0, 0.05) is 22.8 Å². The van der Waals surface area contributed by atoms with E-state index in [-0.39, 0.29) is 16.8 Å². The molecule has 30 heavy (non-hydrogen) atoms. The van der Waals surface area contributed by atoms with Crippen LogP contribution in [-0.2, 0) is 10.8 Å². The Morgan fingerprint density at radius 2 is 1.50 bits per heavy atom. The van der Waals surface area contributed by atoms with E-state index >= 15 is 0 Å². The van der Waals surface area contributed by atoms with Crippen LogP contribution < -0.4 is 0 Å². The molecule has 0 fully saturated rings. The van der Waals surface area contributed by atoms with Crippen LogP contribution in [0, 0.1) is 5.82 Å². The molecule has 1 aromatic heterocycles. The minimum atomic E-state index is -1.56. The lowest BCUT2D eigenvalue weighted by Crippen LogP contribution is -2.05. The molecule has 0 aliphatic heterocycles. The monoisotopic (exact) mass is 436 g/mol. The summed E-state index contributed by atoms with van der Waals surface area (Å²) in [6.07, 6.45) is 2.44. The fourth-order valence-electron chi connectivity index (χ4n) is 3.47. The standard InChI is InChI=1S/C24H18ClFN2OS/c1-30(29)24-21(26)15-27-23(28-24)19-12-18(13-20(25)14-19)22(16-8-4-2-5-9-16)17-10-6-3-7-11-17/h2-15,22H,1H3. The fraction of sp³-hybridized carbons (Fsp3) is 0.0833. The highest BCUT2D eigenvalue weighted by atomic mass is 35.5. The summed E-state index contributed by atoms with van der Waals surface area (Å²) in [6.45, 7) is 0. The van der Waals surface area contributed by atoms with Gasteiger partial charge in [0.15, 0.2) is 16.7 Å². The van der Waals surface area contributed by atoms with E-state index in [2.05, 4.69) is 34.2 Å². The van der Waals surface area contributed by atoms with Crippen molar-refractivity contribution in [2.24, 2.45) is 0 Å². The molecular weight excluding hydrogens is 419 g/mol. The van der Waals surface area contributed by atoms with Crippen LogP contribution in [0.2, 0.25) is 5.02 Å². The van der Waals surface area contributed by atoms with Gasteiger partial charge in [-0.1, -0.05) is 72.3 Å². The van der Waals surface area contributed by atoms with Crippen LogP contribution in [-0.4, -0.2) is 20.4 Å². The zero-order valence-electron chi connectivity index (χ0n) is 16.1. The Morgan fingerprint density at radius 1 is 0.900 bits per heavy atom. The van der Waals surface area contributed by atoms with E-state index in [1.807, 2.05) is 48.5 Å². The first kappa shape index (κ1) is 20.4. The normalized spacial score (nSPS) is 12.1. The Bertz CT molecular complexity index is 1160. The molecule has 1 atom stereocenters. The molecular formula is C24H18ClFN2OS. The van der Waals surface area contributed by atoms with E-state index in [0.29, 0.717) is 10.6 Å². The van der Waals surface area contributed by atoms with Gasteiger partial charge in [-0.05, 0) is 34.9 Å². The quantitative estimate of drug-likeness (QED) is 0.291. The lowest BCUT2D eigenvalue weighted by atomic mass is 9.84. The Kier molecular flexibility index (Phi) is 6.02. The molecule has 0 spiro atoms. The summed E-state index contributed by atoms with van der Waals surface area (Å²) in [7, 11) is -1.56. The van der Waals surface area contributed by atoms with Crippen molar-refractivity contribution in [3.05, 3.63) is 113 Å². The van der Waals surface area contributed by atoms with Gasteiger partial charge in [0.25, 0.3) is 0 Å². The molecule has 0 saturated carbocycles. The number of rotatable bonds is 5. The van der Waals surface area contributed by atoms with Crippen LogP contribution in [0.4, 0.5) is 4.39 Å². The number of nitrogens with zero attached hydrogens (tertiary/aromatic N) is 2. The van der Waals surface area contributed by atoms with Crippen molar-refractivity contribution in [1.82, 2.24) is 9.97 Å². The lowest BCUT2D eigenvalue weighted by Gasteiger charge is -2.20. The van der Waals surface area contributed by atoms with Crippen LogP contribution >= 0.6 is 11.6 Å². The molecule has 0 bridgehead atoms. The van der Waals surface area contributed by atoms with Crippen molar-refractivity contribution in [1.29, 1.82) is 0 Å². The minimum Gasteiger partial charge on any atom is -0.253 e. The molecule has 0 amide bonds. The Balaban J connectivity index is 1.87. The maximum Gasteiger partial charge on any atom is 0.176 e. The molecule has 1 heterocycles. The average Bonchev–Trinajstić information content (AvgIpc) is 2.75. The predicted molar refractivity (Wildman–Crippen MR) is 119 cm³/mol. The van der Waals surface area contributed by atoms with Gasteiger partial charge >= 0.3 is 0 Å². The summed E-state index contributed by atoms with van der Waals surface area (Å²) >= 11 is 6.46. The molecule has 3 aromatic carbocycles. The molecule has 1 unspecified atom stereocenters. The summed E-state index contributed by atoms with van der Waals surface area (Å²) in [4.78, 5) is 8.28. The molecule has 0 aliphatic rings. The summed E-state index contributed by atoms with van der Waals surface area (Å²) in [6, 6.07) is 25.9. The Labute approximate surface area is 182 Å². The van der Waals surface area contributed by atoms with Crippen molar-refractivity contribution >= 4 is 22.4 Å². The summed E-state index contributed by atoms with van der Waals surface area (Å²) in [5.41, 5.74) is 3.84. The molecule has 6 heteroatoms. The molecule has 150 valence electrons. The maximum absolute atomic E-state index is 13.9. The highest BCUT2D eigenvalue weighted by molar-refractivity contribution is 7.84. The molecule has 3 nitrogen and oxygen atoms in total. The highest BCUT2D eigenvalue weighted by Crippen LogP contribution is 2.35. The van der Waals surface area contributed by atoms with Crippen LogP contribution in [0.15, 0.2) is 90.1 Å². The van der Waals surface area contributed by atoms with E-state index in [1.165, 1.54) is 6.26 Å². The molecule has 0 saturated heterocycles. The second-order valence-corrected chi connectivity index (χ2v) is 8.56. The first-order chi connectivity index (χ1) is 14.5. The third-order valence-corrected chi connectivity index (χ3v) is 5.81. The van der Waals surface area contributed by atoms with Crippen molar-refractivity contribution in [2.75, 3.05) is 6.26 Å². The zero-order valence-corrected chi connectivity index (χ0v) is 17.7. The van der Waals surface area contributed by atoms with Crippen LogP contribution in [0.5, 0.6) is 0 Å². The van der Waals surface area contributed by atoms with Crippen molar-refractivity contribution in [3.8, 4) is 11.4 Å². The lowest BCUT2D eigenvalue weighted by molar-refractivity contribution is 0.573. The molecule has 4 rings (SSSR count). The largest absolute Gasteiger partial charge is 0.253 e. The minimum absolute atomic E-state index is 0.0509. The van der Waals surface area contributed by atoms with E-state index in [9.17, 15) is 8.60 Å². The van der Waals surface area contributed by atoms with Gasteiger partial charge in [0.2, 0.25) is 0 Å². The van der Waals surface area contributed by atoms with Crippen LogP contribution in [0.25, 0.3) is 11.4 Å². The first-order valence-corrected chi connectivity index (χ1v) is 11.2. The van der Waals surface area contributed by atoms with Crippen LogP contribution in [0.1, 0.15) is 22.6 Å². The topological polar surface area (TPSA) is 42.9 Å². The first-order valence-electron chi connectivity index (χ1n) is 9.29. The number of aromatic nitrogens is 2. The van der Waals surface area contributed by atoms with E-state index in [1.54, 1.807) is 6.07 Å². The van der Waals surface area contributed by atoms with Crippen molar-refractivity contribution in [2.45, 2.75) is 10.9 Å². The van der Waals surface area contributed by atoms with Gasteiger partial charge in [-0.15, -0.1) is 0 Å². The zero-order chi connectivity index (χ0) is 21.1. The van der Waals surface area contributed by atoms with Crippen LogP contribution in [0.3, 0.4) is 0 Å². The number of hydrogen-bond donors (Lipinski definition) is 0. The molecule has 0 radical (unpaired) electrons. The van der Waals surface area contributed by atoms with E-state index < -0.39 is 16.6 Å². The van der Waals surface area contributed by atoms with Gasteiger partial charge in [0.05, 0.1) is 17.0 Å². The average molecular weight is 437 g/mol. The second-order valence-electron chi connectivity index (χ2n) is 6.83. The third kappa shape index (κ3) is 4.32. The van der Waals surface area contributed by atoms with E-state index in [4.69, 9.17) is 11.6 Å². The van der Waals surface area contributed by atoms with Gasteiger partial charge < -0.3 is 0 Å². The highest BCUT2D eigenvalue weighted by Gasteiger charge is 2.19. The SMILES string of the molecule is CS(=O)c1nc(-c2cc(Cl)cc(C(c3ccccc3)c3ccccc3)c2)ncc1F. The third-order valence-electron chi connectivity index (χ3n) is 4.76. The fourth-order valence-corrected chi connectivity index (χ4v) is 4.25. The summed E-state index contributed by atoms with van der Waals surface area (Å²) in [5.74, 6) is -0.455. The van der Waals surface area contributed by atoms with Crippen molar-refractivity contribution in [3.63, 3.8) is 0 Å². The van der Waals surface area contributed by atoms with E-state index in [0.717, 1.165) is 22.9 Å². The number of halogens is 2. The second kappa shape index (κ2) is 8.86. The Morgan fingerprint density at radius 3 is 2.07 bits per heavy atom.